The van der Waals surface area contributed by atoms with Gasteiger partial charge in [0.1, 0.15) is 5.54 Å². The van der Waals surface area contributed by atoms with Crippen LogP contribution in [-0.2, 0) is 4.79 Å². The Hall–Kier alpha value is -0.545. The smallest absolute Gasteiger partial charge is 0.323 e. The Bertz CT molecular complexity index is 245. The normalized spacial score (nSPS) is 23.5. The van der Waals surface area contributed by atoms with Crippen molar-refractivity contribution in [3.05, 3.63) is 0 Å². The van der Waals surface area contributed by atoms with Crippen molar-refractivity contribution in [2.75, 3.05) is 6.54 Å². The van der Waals surface area contributed by atoms with Crippen LogP contribution >= 0.6 is 0 Å². The maximum Gasteiger partial charge on any atom is 0.323 e. The van der Waals surface area contributed by atoms with Crippen molar-refractivity contribution in [3.63, 3.8) is 0 Å². The van der Waals surface area contributed by atoms with Gasteiger partial charge in [-0.15, -0.1) is 0 Å². The number of carboxylic acid groups (broad SMARTS) is 1. The van der Waals surface area contributed by atoms with Gasteiger partial charge in [0.05, 0.1) is 7.85 Å². The molecular formula is C12H23BN2O2. The van der Waals surface area contributed by atoms with Crippen LogP contribution in [0.3, 0.4) is 0 Å². The minimum absolute atomic E-state index is 0.451. The maximum atomic E-state index is 11.2. The third-order valence-electron chi connectivity index (χ3n) is 3.60. The second-order valence-electron chi connectivity index (χ2n) is 5.04. The van der Waals surface area contributed by atoms with E-state index in [2.05, 4.69) is 5.32 Å². The summed E-state index contributed by atoms with van der Waals surface area (Å²) in [5.74, 6) is -0.882. The third kappa shape index (κ3) is 4.68. The summed E-state index contributed by atoms with van der Waals surface area (Å²) < 4.78 is 0. The van der Waals surface area contributed by atoms with Crippen LogP contribution in [0.2, 0.25) is 6.32 Å². The standard InChI is InChI=1S/C12H23BN2O2/c13-8-2-1-6-12(14,11(16)17)7-5-10-4-3-9-15-10/h10,15H,1-9,14H2,(H,16,17)/t10-,12?/m0/s1. The van der Waals surface area contributed by atoms with Gasteiger partial charge in [0.15, 0.2) is 0 Å². The molecule has 0 aliphatic carbocycles. The largest absolute Gasteiger partial charge is 0.480 e. The lowest BCUT2D eigenvalue weighted by molar-refractivity contribution is -0.144. The van der Waals surface area contributed by atoms with Crippen LogP contribution in [0.4, 0.5) is 0 Å². The second-order valence-corrected chi connectivity index (χ2v) is 5.04. The average Bonchev–Trinajstić information content (AvgIpc) is 2.79. The summed E-state index contributed by atoms with van der Waals surface area (Å²) in [7, 11) is 5.41. The molecule has 2 atom stereocenters. The third-order valence-corrected chi connectivity index (χ3v) is 3.60. The Kier molecular flexibility index (Phi) is 5.99. The van der Waals surface area contributed by atoms with Gasteiger partial charge < -0.3 is 16.2 Å². The van der Waals surface area contributed by atoms with E-state index in [-0.39, 0.29) is 0 Å². The number of aliphatic carboxylic acids is 1. The van der Waals surface area contributed by atoms with Crippen LogP contribution < -0.4 is 11.1 Å². The highest BCUT2D eigenvalue weighted by atomic mass is 16.4. The molecule has 2 radical (unpaired) electrons. The first kappa shape index (κ1) is 14.5. The lowest BCUT2D eigenvalue weighted by atomic mass is 9.85. The summed E-state index contributed by atoms with van der Waals surface area (Å²) in [6.45, 7) is 1.04. The topological polar surface area (TPSA) is 75.3 Å². The molecule has 4 N–H and O–H groups in total. The number of nitrogens with two attached hydrogens (primary N) is 1. The molecule has 0 saturated carbocycles. The molecule has 0 bridgehead atoms. The van der Waals surface area contributed by atoms with Gasteiger partial charge in [0.2, 0.25) is 0 Å². The predicted octanol–water partition coefficient (Wildman–Crippen LogP) is 1.06. The van der Waals surface area contributed by atoms with Crippen LogP contribution in [0, 0.1) is 0 Å². The fraction of sp³-hybridized carbons (Fsp3) is 0.917. The maximum absolute atomic E-state index is 11.2. The Morgan fingerprint density at radius 3 is 2.76 bits per heavy atom. The van der Waals surface area contributed by atoms with Crippen LogP contribution in [0.5, 0.6) is 0 Å². The lowest BCUT2D eigenvalue weighted by Crippen LogP contribution is -2.48. The van der Waals surface area contributed by atoms with E-state index in [1.54, 1.807) is 0 Å². The number of nitrogens with one attached hydrogen (secondary N) is 1. The fourth-order valence-corrected chi connectivity index (χ4v) is 2.36. The van der Waals surface area contributed by atoms with Gasteiger partial charge >= 0.3 is 5.97 Å². The van der Waals surface area contributed by atoms with Crippen LogP contribution in [0.25, 0.3) is 0 Å². The van der Waals surface area contributed by atoms with Gasteiger partial charge in [0.25, 0.3) is 0 Å². The molecule has 1 fully saturated rings. The van der Waals surface area contributed by atoms with Crippen molar-refractivity contribution in [2.24, 2.45) is 5.73 Å². The monoisotopic (exact) mass is 238 g/mol. The van der Waals surface area contributed by atoms with Gasteiger partial charge in [-0.2, -0.15) is 0 Å². The summed E-state index contributed by atoms with van der Waals surface area (Å²) in [6.07, 6.45) is 6.47. The van der Waals surface area contributed by atoms with Gasteiger partial charge in [0, 0.05) is 6.04 Å². The van der Waals surface area contributed by atoms with Gasteiger partial charge in [-0.3, -0.25) is 4.79 Å². The number of hydrogen-bond acceptors (Lipinski definition) is 3. The van der Waals surface area contributed by atoms with E-state index in [9.17, 15) is 9.90 Å². The fourth-order valence-electron chi connectivity index (χ4n) is 2.36. The Morgan fingerprint density at radius 1 is 1.47 bits per heavy atom. The van der Waals surface area contributed by atoms with E-state index in [0.29, 0.717) is 25.2 Å². The zero-order valence-corrected chi connectivity index (χ0v) is 10.5. The number of rotatable bonds is 8. The van der Waals surface area contributed by atoms with Crippen LogP contribution in [-0.4, -0.2) is 37.0 Å². The molecule has 1 heterocycles. The highest BCUT2D eigenvalue weighted by Gasteiger charge is 2.33. The van der Waals surface area contributed by atoms with Crippen molar-refractivity contribution >= 4 is 13.8 Å². The summed E-state index contributed by atoms with van der Waals surface area (Å²) >= 11 is 0. The Labute approximate surface area is 105 Å². The molecule has 0 spiro atoms. The minimum atomic E-state index is -1.07. The zero-order valence-electron chi connectivity index (χ0n) is 10.5. The molecule has 4 nitrogen and oxygen atoms in total. The SMILES string of the molecule is [B]CCCCC(N)(CC[C@@H]1CCCN1)C(=O)O. The van der Waals surface area contributed by atoms with Crippen molar-refractivity contribution in [1.82, 2.24) is 5.32 Å². The molecule has 1 aliphatic rings. The summed E-state index contributed by atoms with van der Waals surface area (Å²) in [5.41, 5.74) is 4.92. The number of carbonyl (C=O) groups is 1. The molecule has 0 aromatic heterocycles. The first-order valence-electron chi connectivity index (χ1n) is 6.54. The summed E-state index contributed by atoms with van der Waals surface area (Å²) in [5, 5.41) is 12.6. The van der Waals surface area contributed by atoms with Crippen molar-refractivity contribution in [1.29, 1.82) is 0 Å². The number of unbranched alkanes of at least 4 members (excludes halogenated alkanes) is 1. The predicted molar refractivity (Wildman–Crippen MR) is 69.2 cm³/mol. The molecular weight excluding hydrogens is 215 g/mol. The number of carboxylic acids is 1. The van der Waals surface area contributed by atoms with E-state index < -0.39 is 11.5 Å². The van der Waals surface area contributed by atoms with E-state index >= 15 is 0 Å². The van der Waals surface area contributed by atoms with Gasteiger partial charge in [-0.05, 0) is 38.6 Å². The molecule has 96 valence electrons. The first-order chi connectivity index (χ1) is 8.08. The summed E-state index contributed by atoms with van der Waals surface area (Å²) in [6, 6.07) is 0.451. The van der Waals surface area contributed by atoms with Crippen LogP contribution in [0.1, 0.15) is 44.9 Å². The van der Waals surface area contributed by atoms with E-state index in [1.807, 2.05) is 0 Å². The summed E-state index contributed by atoms with van der Waals surface area (Å²) in [4.78, 5) is 11.2. The Balaban J connectivity index is 2.37. The molecule has 0 amide bonds. The molecule has 1 aliphatic heterocycles. The zero-order chi connectivity index (χ0) is 12.7. The van der Waals surface area contributed by atoms with Crippen molar-refractivity contribution in [2.45, 2.75) is 62.8 Å². The number of hydrogen-bond donors (Lipinski definition) is 3. The molecule has 1 rings (SSSR count). The molecule has 1 saturated heterocycles. The van der Waals surface area contributed by atoms with Crippen molar-refractivity contribution < 1.29 is 9.90 Å². The molecule has 5 heteroatoms. The van der Waals surface area contributed by atoms with E-state index in [4.69, 9.17) is 13.6 Å². The Morgan fingerprint density at radius 2 is 2.24 bits per heavy atom. The van der Waals surface area contributed by atoms with Gasteiger partial charge in [-0.25, -0.2) is 0 Å². The van der Waals surface area contributed by atoms with Gasteiger partial charge in [-0.1, -0.05) is 19.2 Å². The van der Waals surface area contributed by atoms with Crippen molar-refractivity contribution in [3.8, 4) is 0 Å². The first-order valence-corrected chi connectivity index (χ1v) is 6.54. The lowest BCUT2D eigenvalue weighted by Gasteiger charge is -2.26. The highest BCUT2D eigenvalue weighted by Crippen LogP contribution is 2.22. The molecule has 0 aromatic rings. The minimum Gasteiger partial charge on any atom is -0.480 e. The highest BCUT2D eigenvalue weighted by molar-refractivity contribution is 6.08. The second kappa shape index (κ2) is 7.02. The quantitative estimate of drug-likeness (QED) is 0.436. The van der Waals surface area contributed by atoms with E-state index in [0.717, 1.165) is 32.2 Å². The molecule has 0 aromatic carbocycles. The molecule has 1 unspecified atom stereocenters. The van der Waals surface area contributed by atoms with E-state index in [1.165, 1.54) is 6.42 Å². The van der Waals surface area contributed by atoms with Crippen LogP contribution in [0.15, 0.2) is 0 Å². The molecule has 17 heavy (non-hydrogen) atoms. The average molecular weight is 238 g/mol.